The number of aromatic nitrogens is 2. The molecule has 0 bridgehead atoms. The number of aryl methyl sites for hydroxylation is 1. The van der Waals surface area contributed by atoms with Gasteiger partial charge in [-0.25, -0.2) is 4.79 Å². The molecule has 4 atom stereocenters. The number of carbonyl (C=O) groups is 2. The van der Waals surface area contributed by atoms with Gasteiger partial charge >= 0.3 is 5.97 Å². The molecule has 7 nitrogen and oxygen atoms in total. The SMILES string of the molecule is C[C@@H](c1cnn(C)c1CC1=NOC(C(=O)OC(C)(C)C)C1)C1CC1CC=O. The van der Waals surface area contributed by atoms with Crippen LogP contribution in [0.25, 0.3) is 0 Å². The zero-order valence-electron chi connectivity index (χ0n) is 16.8. The molecule has 27 heavy (non-hydrogen) atoms. The van der Waals surface area contributed by atoms with E-state index in [9.17, 15) is 9.59 Å². The fourth-order valence-corrected chi connectivity index (χ4v) is 3.80. The lowest BCUT2D eigenvalue weighted by atomic mass is 9.92. The van der Waals surface area contributed by atoms with Crippen molar-refractivity contribution < 1.29 is 19.2 Å². The largest absolute Gasteiger partial charge is 0.457 e. The normalized spacial score (nSPS) is 25.5. The lowest BCUT2D eigenvalue weighted by Gasteiger charge is -2.21. The summed E-state index contributed by atoms with van der Waals surface area (Å²) < 4.78 is 7.25. The second-order valence-electron chi connectivity index (χ2n) is 8.69. The first kappa shape index (κ1) is 19.6. The summed E-state index contributed by atoms with van der Waals surface area (Å²) in [6.07, 6.45) is 5.03. The Labute approximate surface area is 160 Å². The van der Waals surface area contributed by atoms with Gasteiger partial charge < -0.3 is 14.4 Å². The molecule has 0 spiro atoms. The average molecular weight is 375 g/mol. The van der Waals surface area contributed by atoms with Crippen LogP contribution in [0.15, 0.2) is 11.4 Å². The van der Waals surface area contributed by atoms with Crippen molar-refractivity contribution >= 4 is 18.0 Å². The van der Waals surface area contributed by atoms with Gasteiger partial charge in [-0.3, -0.25) is 4.68 Å². The Hall–Kier alpha value is -2.18. The van der Waals surface area contributed by atoms with Crippen molar-refractivity contribution in [1.29, 1.82) is 0 Å². The zero-order chi connectivity index (χ0) is 19.8. The van der Waals surface area contributed by atoms with Crippen molar-refractivity contribution in [2.45, 2.75) is 71.0 Å². The van der Waals surface area contributed by atoms with Gasteiger partial charge in [-0.2, -0.15) is 5.10 Å². The van der Waals surface area contributed by atoms with Crippen LogP contribution < -0.4 is 0 Å². The lowest BCUT2D eigenvalue weighted by molar-refractivity contribution is -0.166. The maximum atomic E-state index is 12.2. The molecular formula is C20H29N3O4. The Morgan fingerprint density at radius 3 is 2.89 bits per heavy atom. The van der Waals surface area contributed by atoms with Crippen LogP contribution in [-0.2, 0) is 32.6 Å². The summed E-state index contributed by atoms with van der Waals surface area (Å²) in [5.41, 5.74) is 2.56. The Kier molecular flexibility index (Phi) is 5.40. The van der Waals surface area contributed by atoms with Gasteiger partial charge in [-0.05, 0) is 50.5 Å². The molecule has 1 saturated carbocycles. The van der Waals surface area contributed by atoms with Crippen LogP contribution in [0.1, 0.15) is 64.1 Å². The minimum atomic E-state index is -0.672. The molecule has 1 fully saturated rings. The van der Waals surface area contributed by atoms with Crippen molar-refractivity contribution in [3.63, 3.8) is 0 Å². The highest BCUT2D eigenvalue weighted by atomic mass is 16.7. The van der Waals surface area contributed by atoms with Gasteiger partial charge in [0.1, 0.15) is 11.9 Å². The molecule has 1 aromatic rings. The van der Waals surface area contributed by atoms with Crippen LogP contribution in [-0.4, -0.2) is 39.5 Å². The number of carbonyl (C=O) groups excluding carboxylic acids is 2. The van der Waals surface area contributed by atoms with Crippen molar-refractivity contribution in [1.82, 2.24) is 9.78 Å². The predicted octanol–water partition coefficient (Wildman–Crippen LogP) is 2.78. The number of oxime groups is 1. The molecule has 0 aromatic carbocycles. The van der Waals surface area contributed by atoms with Gasteiger partial charge in [0, 0.05) is 32.0 Å². The highest BCUT2D eigenvalue weighted by molar-refractivity contribution is 5.92. The monoisotopic (exact) mass is 375 g/mol. The molecule has 0 radical (unpaired) electrons. The van der Waals surface area contributed by atoms with Gasteiger partial charge in [0.2, 0.25) is 6.10 Å². The molecule has 1 aliphatic heterocycles. The Morgan fingerprint density at radius 2 is 2.22 bits per heavy atom. The minimum Gasteiger partial charge on any atom is -0.457 e. The van der Waals surface area contributed by atoms with Gasteiger partial charge in [0.15, 0.2) is 0 Å². The maximum Gasteiger partial charge on any atom is 0.351 e. The number of esters is 1. The summed E-state index contributed by atoms with van der Waals surface area (Å²) >= 11 is 0. The predicted molar refractivity (Wildman–Crippen MR) is 100 cm³/mol. The number of rotatable bonds is 7. The Balaban J connectivity index is 1.63. The summed E-state index contributed by atoms with van der Waals surface area (Å²) in [6.45, 7) is 7.70. The summed E-state index contributed by atoms with van der Waals surface area (Å²) in [6, 6.07) is 0. The molecule has 1 aliphatic carbocycles. The van der Waals surface area contributed by atoms with E-state index in [0.29, 0.717) is 37.0 Å². The van der Waals surface area contributed by atoms with E-state index in [0.717, 1.165) is 24.1 Å². The van der Waals surface area contributed by atoms with E-state index < -0.39 is 11.7 Å². The molecule has 2 heterocycles. The molecule has 0 saturated heterocycles. The van der Waals surface area contributed by atoms with E-state index in [1.54, 1.807) is 0 Å². The third-order valence-electron chi connectivity index (χ3n) is 5.37. The van der Waals surface area contributed by atoms with Crippen LogP contribution in [0.3, 0.4) is 0 Å². The number of nitrogens with zero attached hydrogens (tertiary/aromatic N) is 3. The maximum absolute atomic E-state index is 12.2. The van der Waals surface area contributed by atoms with Crippen LogP contribution >= 0.6 is 0 Å². The Morgan fingerprint density at radius 1 is 1.48 bits per heavy atom. The van der Waals surface area contributed by atoms with Gasteiger partial charge in [0.05, 0.1) is 11.9 Å². The first-order valence-electron chi connectivity index (χ1n) is 9.58. The van der Waals surface area contributed by atoms with Gasteiger partial charge in [0.25, 0.3) is 0 Å². The number of hydrogen-bond donors (Lipinski definition) is 0. The fraction of sp³-hybridized carbons (Fsp3) is 0.700. The van der Waals surface area contributed by atoms with Crippen LogP contribution in [0.4, 0.5) is 0 Å². The number of ether oxygens (including phenoxy) is 1. The van der Waals surface area contributed by atoms with E-state index in [4.69, 9.17) is 9.57 Å². The van der Waals surface area contributed by atoms with E-state index in [1.165, 1.54) is 5.56 Å². The second-order valence-corrected chi connectivity index (χ2v) is 8.69. The highest BCUT2D eigenvalue weighted by Gasteiger charge is 2.42. The number of aldehydes is 1. The summed E-state index contributed by atoms with van der Waals surface area (Å²) in [5.74, 6) is 1.00. The summed E-state index contributed by atoms with van der Waals surface area (Å²) in [7, 11) is 1.92. The summed E-state index contributed by atoms with van der Waals surface area (Å²) in [5, 5.41) is 8.54. The molecular weight excluding hydrogens is 346 g/mol. The zero-order valence-corrected chi connectivity index (χ0v) is 16.8. The van der Waals surface area contributed by atoms with Crippen LogP contribution in [0, 0.1) is 11.8 Å². The third-order valence-corrected chi connectivity index (χ3v) is 5.37. The van der Waals surface area contributed by atoms with Gasteiger partial charge in [-0.1, -0.05) is 12.1 Å². The topological polar surface area (TPSA) is 82.8 Å². The van der Waals surface area contributed by atoms with E-state index in [1.807, 2.05) is 38.7 Å². The van der Waals surface area contributed by atoms with E-state index in [-0.39, 0.29) is 5.97 Å². The molecule has 2 aliphatic rings. The Bertz CT molecular complexity index is 747. The molecule has 1 aromatic heterocycles. The van der Waals surface area contributed by atoms with Crippen molar-refractivity contribution in [3.05, 3.63) is 17.5 Å². The molecule has 3 unspecified atom stereocenters. The van der Waals surface area contributed by atoms with Crippen LogP contribution in [0.5, 0.6) is 0 Å². The van der Waals surface area contributed by atoms with Gasteiger partial charge in [-0.15, -0.1) is 0 Å². The quantitative estimate of drug-likeness (QED) is 0.541. The first-order chi connectivity index (χ1) is 12.7. The smallest absolute Gasteiger partial charge is 0.351 e. The molecule has 3 rings (SSSR count). The number of hydrogen-bond acceptors (Lipinski definition) is 6. The standard InChI is InChI=1S/C20H29N3O4/c1-12(15-8-13(15)6-7-24)16-11-21-23(5)17(16)9-14-10-18(27-22-14)19(25)26-20(2,3)4/h7,11-13,15,18H,6,8-10H2,1-5H3/t12-,13?,15?,18?/m1/s1. The minimum absolute atomic E-state index is 0.350. The molecule has 7 heteroatoms. The molecule has 148 valence electrons. The van der Waals surface area contributed by atoms with E-state index >= 15 is 0 Å². The average Bonchev–Trinajstić information content (AvgIpc) is 3.01. The lowest BCUT2D eigenvalue weighted by Crippen LogP contribution is -2.32. The van der Waals surface area contributed by atoms with Crippen molar-refractivity contribution in [2.24, 2.45) is 24.0 Å². The molecule has 0 amide bonds. The van der Waals surface area contributed by atoms with Crippen molar-refractivity contribution in [3.8, 4) is 0 Å². The molecule has 0 N–H and O–H groups in total. The summed E-state index contributed by atoms with van der Waals surface area (Å²) in [4.78, 5) is 28.2. The fourth-order valence-electron chi connectivity index (χ4n) is 3.80. The first-order valence-corrected chi connectivity index (χ1v) is 9.58. The third kappa shape index (κ3) is 4.57. The van der Waals surface area contributed by atoms with E-state index in [2.05, 4.69) is 17.2 Å². The van der Waals surface area contributed by atoms with Crippen LogP contribution in [0.2, 0.25) is 0 Å². The highest BCUT2D eigenvalue weighted by Crippen LogP contribution is 2.50. The second kappa shape index (κ2) is 7.44. The van der Waals surface area contributed by atoms with Crippen molar-refractivity contribution in [2.75, 3.05) is 0 Å².